The van der Waals surface area contributed by atoms with E-state index in [4.69, 9.17) is 4.74 Å². The Bertz CT molecular complexity index is 1120. The van der Waals surface area contributed by atoms with Crippen LogP contribution in [0, 0.1) is 29.1 Å². The molecule has 0 saturated heterocycles. The van der Waals surface area contributed by atoms with E-state index in [0.717, 1.165) is 36.8 Å². The molecule has 0 spiro atoms. The first-order valence-electron chi connectivity index (χ1n) is 17.9. The van der Waals surface area contributed by atoms with Crippen LogP contribution in [0.4, 0.5) is 0 Å². The van der Waals surface area contributed by atoms with E-state index in [1.54, 1.807) is 6.92 Å². The topological polar surface area (TPSA) is 119 Å². The molecule has 0 fully saturated rings. The van der Waals surface area contributed by atoms with E-state index >= 15 is 0 Å². The first-order valence-corrected chi connectivity index (χ1v) is 17.9. The standard InChI is InChI=1S/C39H64N2O6/c1-27(2)14-11-10-12-15-33(42)25-34(28(3)4)38(46)41-30(7)35(43)24-31-17-19-32(20-18-31)26-47-37(45)16-13-23-40-36(44)21-22-39(8,9)29(5)6/h17-20,27-30,34H,10-16,21-26H2,1-9H3,(H,40,44)(H,41,46)/t30-,34-/m0/s1. The Kier molecular flexibility index (Phi) is 19.4. The molecule has 0 aliphatic heterocycles. The molecule has 1 rings (SSSR count). The van der Waals surface area contributed by atoms with Gasteiger partial charge in [0.25, 0.3) is 0 Å². The maximum absolute atomic E-state index is 13.0. The van der Waals surface area contributed by atoms with E-state index < -0.39 is 12.0 Å². The van der Waals surface area contributed by atoms with Crippen molar-refractivity contribution in [2.45, 2.75) is 146 Å². The maximum Gasteiger partial charge on any atom is 0.306 e. The van der Waals surface area contributed by atoms with Crippen molar-refractivity contribution in [3.05, 3.63) is 35.4 Å². The summed E-state index contributed by atoms with van der Waals surface area (Å²) in [6, 6.07) is 6.61. The normalized spacial score (nSPS) is 13.0. The van der Waals surface area contributed by atoms with Crippen LogP contribution in [0.2, 0.25) is 0 Å². The second-order valence-corrected chi connectivity index (χ2v) is 15.0. The van der Waals surface area contributed by atoms with Gasteiger partial charge in [-0.2, -0.15) is 0 Å². The van der Waals surface area contributed by atoms with Crippen molar-refractivity contribution in [2.75, 3.05) is 6.54 Å². The van der Waals surface area contributed by atoms with Crippen molar-refractivity contribution >= 4 is 29.4 Å². The molecule has 0 aromatic heterocycles. The van der Waals surface area contributed by atoms with Crippen LogP contribution in [-0.4, -0.2) is 41.9 Å². The van der Waals surface area contributed by atoms with Gasteiger partial charge in [-0.25, -0.2) is 0 Å². The van der Waals surface area contributed by atoms with Gasteiger partial charge in [-0.15, -0.1) is 0 Å². The van der Waals surface area contributed by atoms with Gasteiger partial charge in [0.15, 0.2) is 5.78 Å². The monoisotopic (exact) mass is 656 g/mol. The van der Waals surface area contributed by atoms with Crippen LogP contribution < -0.4 is 10.6 Å². The smallest absolute Gasteiger partial charge is 0.306 e. The van der Waals surface area contributed by atoms with Crippen LogP contribution in [0.25, 0.3) is 0 Å². The molecule has 0 aliphatic rings. The van der Waals surface area contributed by atoms with Crippen molar-refractivity contribution < 1.29 is 28.7 Å². The summed E-state index contributed by atoms with van der Waals surface area (Å²) in [6.45, 7) is 19.2. The molecule has 1 aromatic carbocycles. The number of ketones is 2. The second kappa shape index (κ2) is 21.8. The molecular formula is C39H64N2O6. The lowest BCUT2D eigenvalue weighted by Gasteiger charge is -2.28. The van der Waals surface area contributed by atoms with Gasteiger partial charge in [0.05, 0.1) is 6.04 Å². The Labute approximate surface area is 284 Å². The minimum Gasteiger partial charge on any atom is -0.461 e. The average Bonchev–Trinajstić information content (AvgIpc) is 2.99. The zero-order chi connectivity index (χ0) is 35.6. The Morgan fingerprint density at radius 2 is 1.43 bits per heavy atom. The quantitative estimate of drug-likeness (QED) is 0.0877. The minimum absolute atomic E-state index is 0.00672. The Morgan fingerprint density at radius 3 is 2.02 bits per heavy atom. The first-order chi connectivity index (χ1) is 22.0. The summed E-state index contributed by atoms with van der Waals surface area (Å²) in [5, 5.41) is 5.72. The number of unbranched alkanes of at least 4 members (excludes halogenated alkanes) is 2. The fourth-order valence-electron chi connectivity index (χ4n) is 5.05. The predicted octanol–water partition coefficient (Wildman–Crippen LogP) is 7.54. The number of hydrogen-bond donors (Lipinski definition) is 2. The molecule has 2 N–H and O–H groups in total. The number of esters is 1. The van der Waals surface area contributed by atoms with E-state index in [0.29, 0.717) is 37.6 Å². The van der Waals surface area contributed by atoms with E-state index in [1.807, 2.05) is 38.1 Å². The molecule has 0 aliphatic carbocycles. The molecule has 8 nitrogen and oxygen atoms in total. The second-order valence-electron chi connectivity index (χ2n) is 15.0. The summed E-state index contributed by atoms with van der Waals surface area (Å²) in [5.41, 5.74) is 1.71. The van der Waals surface area contributed by atoms with Gasteiger partial charge >= 0.3 is 5.97 Å². The summed E-state index contributed by atoms with van der Waals surface area (Å²) in [4.78, 5) is 62.8. The molecule has 266 valence electrons. The molecule has 0 bridgehead atoms. The predicted molar refractivity (Wildman–Crippen MR) is 189 cm³/mol. The van der Waals surface area contributed by atoms with Gasteiger partial charge in [0.1, 0.15) is 12.4 Å². The van der Waals surface area contributed by atoms with Gasteiger partial charge in [0.2, 0.25) is 11.8 Å². The number of carbonyl (C=O) groups excluding carboxylic acids is 5. The molecule has 0 radical (unpaired) electrons. The number of rotatable bonds is 24. The number of nitrogens with one attached hydrogen (secondary N) is 2. The first kappa shape index (κ1) is 42.0. The lowest BCUT2D eigenvalue weighted by molar-refractivity contribution is -0.145. The Morgan fingerprint density at radius 1 is 0.787 bits per heavy atom. The van der Waals surface area contributed by atoms with E-state index in [1.165, 1.54) is 6.42 Å². The molecule has 2 atom stereocenters. The maximum atomic E-state index is 13.0. The zero-order valence-electron chi connectivity index (χ0n) is 30.8. The van der Waals surface area contributed by atoms with Crippen LogP contribution in [0.3, 0.4) is 0 Å². The Hall–Kier alpha value is -3.03. The van der Waals surface area contributed by atoms with Crippen molar-refractivity contribution in [2.24, 2.45) is 29.1 Å². The van der Waals surface area contributed by atoms with E-state index in [9.17, 15) is 24.0 Å². The van der Waals surface area contributed by atoms with Gasteiger partial charge in [0, 0.05) is 44.6 Å². The molecule has 0 heterocycles. The SMILES string of the molecule is CC(C)CCCCCC(=O)C[C@H](C(=O)N[C@@H](C)C(=O)Cc1ccc(COC(=O)CCCNC(=O)CCC(C)(C)C(C)C)cc1)C(C)C. The summed E-state index contributed by atoms with van der Waals surface area (Å²) < 4.78 is 5.38. The zero-order valence-corrected chi connectivity index (χ0v) is 30.8. The molecule has 8 heteroatoms. The molecule has 1 aromatic rings. The number of benzene rings is 1. The summed E-state index contributed by atoms with van der Waals surface area (Å²) in [5.74, 6) is 0.114. The summed E-state index contributed by atoms with van der Waals surface area (Å²) in [7, 11) is 0. The lowest BCUT2D eigenvalue weighted by Crippen LogP contribution is -2.44. The number of Topliss-reactive ketones (excluding diaryl/α,β-unsaturated/α-hetero) is 2. The van der Waals surface area contributed by atoms with Gasteiger partial charge in [-0.05, 0) is 60.5 Å². The van der Waals surface area contributed by atoms with Crippen LogP contribution in [0.5, 0.6) is 0 Å². The molecule has 47 heavy (non-hydrogen) atoms. The average molecular weight is 657 g/mol. The molecule has 2 amide bonds. The number of ether oxygens (including phenoxy) is 1. The fourth-order valence-corrected chi connectivity index (χ4v) is 5.05. The van der Waals surface area contributed by atoms with Gasteiger partial charge < -0.3 is 15.4 Å². The third kappa shape index (κ3) is 18.2. The highest BCUT2D eigenvalue weighted by Gasteiger charge is 2.27. The third-order valence-corrected chi connectivity index (χ3v) is 9.41. The highest BCUT2D eigenvalue weighted by Crippen LogP contribution is 2.31. The number of hydrogen-bond acceptors (Lipinski definition) is 6. The number of amides is 2. The molecule has 0 saturated carbocycles. The lowest BCUT2D eigenvalue weighted by atomic mass is 9.77. The van der Waals surface area contributed by atoms with Crippen LogP contribution in [-0.2, 0) is 41.7 Å². The van der Waals surface area contributed by atoms with Crippen molar-refractivity contribution in [1.29, 1.82) is 0 Å². The van der Waals surface area contributed by atoms with Crippen molar-refractivity contribution in [1.82, 2.24) is 10.6 Å². The largest absolute Gasteiger partial charge is 0.461 e. The minimum atomic E-state index is -0.674. The fraction of sp³-hybridized carbons (Fsp3) is 0.718. The summed E-state index contributed by atoms with van der Waals surface area (Å²) in [6.07, 6.45) is 7.06. The molecule has 0 unspecified atom stereocenters. The van der Waals surface area contributed by atoms with E-state index in [-0.39, 0.29) is 66.6 Å². The van der Waals surface area contributed by atoms with Crippen molar-refractivity contribution in [3.8, 4) is 0 Å². The number of carbonyl (C=O) groups is 5. The van der Waals surface area contributed by atoms with Crippen LogP contribution in [0.1, 0.15) is 138 Å². The Balaban J connectivity index is 2.41. The summed E-state index contributed by atoms with van der Waals surface area (Å²) >= 11 is 0. The van der Waals surface area contributed by atoms with Crippen LogP contribution >= 0.6 is 0 Å². The van der Waals surface area contributed by atoms with Gasteiger partial charge in [-0.1, -0.05) is 98.9 Å². The third-order valence-electron chi connectivity index (χ3n) is 9.41. The van der Waals surface area contributed by atoms with Crippen molar-refractivity contribution in [3.63, 3.8) is 0 Å². The van der Waals surface area contributed by atoms with Crippen LogP contribution in [0.15, 0.2) is 24.3 Å². The highest BCUT2D eigenvalue weighted by atomic mass is 16.5. The van der Waals surface area contributed by atoms with E-state index in [2.05, 4.69) is 52.2 Å². The van der Waals surface area contributed by atoms with Gasteiger partial charge in [-0.3, -0.25) is 24.0 Å². The molecular weight excluding hydrogens is 592 g/mol. The highest BCUT2D eigenvalue weighted by molar-refractivity contribution is 5.92.